The van der Waals surface area contributed by atoms with Crippen molar-refractivity contribution >= 4 is 11.7 Å². The van der Waals surface area contributed by atoms with Crippen LogP contribution in [-0.2, 0) is 4.79 Å². The maximum Gasteiger partial charge on any atom is 0.323 e. The zero-order valence-corrected chi connectivity index (χ0v) is 9.55. The average Bonchev–Trinajstić information content (AvgIpc) is 2.15. The molecule has 16 heavy (non-hydrogen) atoms. The van der Waals surface area contributed by atoms with Gasteiger partial charge in [0, 0.05) is 6.54 Å². The van der Waals surface area contributed by atoms with Crippen LogP contribution in [0, 0.1) is 5.92 Å². The molecule has 0 atom stereocenters. The molecular formula is C12H17NO3. The van der Waals surface area contributed by atoms with Gasteiger partial charge in [0.2, 0.25) is 0 Å². The largest absolute Gasteiger partial charge is 0.506 e. The highest BCUT2D eigenvalue weighted by atomic mass is 16.4. The van der Waals surface area contributed by atoms with Crippen molar-refractivity contribution in [2.75, 3.05) is 18.0 Å². The lowest BCUT2D eigenvalue weighted by Crippen LogP contribution is -2.32. The summed E-state index contributed by atoms with van der Waals surface area (Å²) in [5.74, 6) is -0.452. The average molecular weight is 223 g/mol. The lowest BCUT2D eigenvalue weighted by atomic mass is 10.2. The van der Waals surface area contributed by atoms with Crippen LogP contribution in [0.15, 0.2) is 24.3 Å². The van der Waals surface area contributed by atoms with Crippen LogP contribution in [0.25, 0.3) is 0 Å². The predicted molar refractivity (Wildman–Crippen MR) is 62.8 cm³/mol. The fourth-order valence-corrected chi connectivity index (χ4v) is 1.58. The van der Waals surface area contributed by atoms with Gasteiger partial charge in [-0.15, -0.1) is 0 Å². The molecule has 1 aromatic carbocycles. The second-order valence-electron chi connectivity index (χ2n) is 4.16. The Kier molecular flexibility index (Phi) is 4.17. The van der Waals surface area contributed by atoms with Crippen LogP contribution >= 0.6 is 0 Å². The molecule has 0 aromatic heterocycles. The second-order valence-corrected chi connectivity index (χ2v) is 4.16. The number of para-hydroxylation sites is 2. The highest BCUT2D eigenvalue weighted by molar-refractivity contribution is 5.75. The highest BCUT2D eigenvalue weighted by Crippen LogP contribution is 2.26. The first-order chi connectivity index (χ1) is 7.50. The minimum absolute atomic E-state index is 0.101. The summed E-state index contributed by atoms with van der Waals surface area (Å²) in [5.41, 5.74) is 0.568. The maximum atomic E-state index is 10.8. The fourth-order valence-electron chi connectivity index (χ4n) is 1.58. The van der Waals surface area contributed by atoms with Gasteiger partial charge in [0.05, 0.1) is 5.69 Å². The molecule has 4 nitrogen and oxygen atoms in total. The molecule has 0 aliphatic carbocycles. The number of rotatable bonds is 5. The van der Waals surface area contributed by atoms with E-state index in [1.165, 1.54) is 0 Å². The number of carboxylic acid groups (broad SMARTS) is 1. The third kappa shape index (κ3) is 3.46. The zero-order chi connectivity index (χ0) is 12.1. The molecule has 88 valence electrons. The first-order valence-corrected chi connectivity index (χ1v) is 5.25. The van der Waals surface area contributed by atoms with Gasteiger partial charge in [0.15, 0.2) is 0 Å². The summed E-state index contributed by atoms with van der Waals surface area (Å²) in [6, 6.07) is 6.78. The standard InChI is InChI=1S/C12H17NO3/c1-9(2)7-13(8-12(15)16)10-5-3-4-6-11(10)14/h3-6,9,14H,7-8H2,1-2H3,(H,15,16). The molecule has 0 bridgehead atoms. The Labute approximate surface area is 95.1 Å². The lowest BCUT2D eigenvalue weighted by Gasteiger charge is -2.25. The van der Waals surface area contributed by atoms with Crippen molar-refractivity contribution in [2.24, 2.45) is 5.92 Å². The molecule has 0 aliphatic rings. The van der Waals surface area contributed by atoms with Crippen LogP contribution in [0.4, 0.5) is 5.69 Å². The van der Waals surface area contributed by atoms with Crippen LogP contribution in [0.3, 0.4) is 0 Å². The van der Waals surface area contributed by atoms with Crippen molar-refractivity contribution in [1.29, 1.82) is 0 Å². The predicted octanol–water partition coefficient (Wildman–Crippen LogP) is 1.94. The molecule has 0 spiro atoms. The third-order valence-electron chi connectivity index (χ3n) is 2.13. The van der Waals surface area contributed by atoms with Gasteiger partial charge < -0.3 is 15.1 Å². The molecule has 4 heteroatoms. The van der Waals surface area contributed by atoms with Gasteiger partial charge >= 0.3 is 5.97 Å². The first-order valence-electron chi connectivity index (χ1n) is 5.25. The van der Waals surface area contributed by atoms with Crippen molar-refractivity contribution in [3.05, 3.63) is 24.3 Å². The molecule has 0 aliphatic heterocycles. The summed E-state index contributed by atoms with van der Waals surface area (Å²) in [6.07, 6.45) is 0. The van der Waals surface area contributed by atoms with E-state index >= 15 is 0 Å². The number of carbonyl (C=O) groups is 1. The molecular weight excluding hydrogens is 206 g/mol. The summed E-state index contributed by atoms with van der Waals surface area (Å²) in [4.78, 5) is 12.4. The van der Waals surface area contributed by atoms with E-state index in [4.69, 9.17) is 5.11 Å². The summed E-state index contributed by atoms with van der Waals surface area (Å²) < 4.78 is 0. The van der Waals surface area contributed by atoms with Gasteiger partial charge in [-0.2, -0.15) is 0 Å². The zero-order valence-electron chi connectivity index (χ0n) is 9.55. The molecule has 0 radical (unpaired) electrons. The number of phenolic OH excluding ortho intramolecular Hbond substituents is 1. The molecule has 2 N–H and O–H groups in total. The quantitative estimate of drug-likeness (QED) is 0.800. The topological polar surface area (TPSA) is 60.8 Å². The van der Waals surface area contributed by atoms with Gasteiger partial charge in [-0.3, -0.25) is 4.79 Å². The number of hydrogen-bond acceptors (Lipinski definition) is 3. The molecule has 0 unspecified atom stereocenters. The minimum atomic E-state index is -0.899. The maximum absolute atomic E-state index is 10.8. The van der Waals surface area contributed by atoms with E-state index in [2.05, 4.69) is 0 Å². The molecule has 0 saturated carbocycles. The molecule has 0 fully saturated rings. The summed E-state index contributed by atoms with van der Waals surface area (Å²) >= 11 is 0. The van der Waals surface area contributed by atoms with E-state index in [0.29, 0.717) is 18.2 Å². The van der Waals surface area contributed by atoms with E-state index in [1.54, 1.807) is 29.2 Å². The minimum Gasteiger partial charge on any atom is -0.506 e. The summed E-state index contributed by atoms with van der Waals surface area (Å²) in [7, 11) is 0. The number of aromatic hydroxyl groups is 1. The molecule has 0 amide bonds. The number of anilines is 1. The SMILES string of the molecule is CC(C)CN(CC(=O)O)c1ccccc1O. The number of phenols is 1. The monoisotopic (exact) mass is 223 g/mol. The Morgan fingerprint density at radius 2 is 2.00 bits per heavy atom. The van der Waals surface area contributed by atoms with E-state index in [0.717, 1.165) is 0 Å². The summed E-state index contributed by atoms with van der Waals surface area (Å²) in [6.45, 7) is 4.52. The number of carboxylic acids is 1. The normalized spacial score (nSPS) is 10.4. The Hall–Kier alpha value is -1.71. The van der Waals surface area contributed by atoms with Crippen molar-refractivity contribution in [3.63, 3.8) is 0 Å². The third-order valence-corrected chi connectivity index (χ3v) is 2.13. The van der Waals surface area contributed by atoms with Crippen LogP contribution in [0.2, 0.25) is 0 Å². The fraction of sp³-hybridized carbons (Fsp3) is 0.417. The first kappa shape index (κ1) is 12.4. The van der Waals surface area contributed by atoms with Crippen molar-refractivity contribution in [2.45, 2.75) is 13.8 Å². The number of hydrogen-bond donors (Lipinski definition) is 2. The Morgan fingerprint density at radius 1 is 1.38 bits per heavy atom. The van der Waals surface area contributed by atoms with E-state index in [-0.39, 0.29) is 12.3 Å². The Balaban J connectivity index is 2.91. The highest BCUT2D eigenvalue weighted by Gasteiger charge is 2.14. The van der Waals surface area contributed by atoms with E-state index < -0.39 is 5.97 Å². The number of nitrogens with zero attached hydrogens (tertiary/aromatic N) is 1. The van der Waals surface area contributed by atoms with Crippen molar-refractivity contribution in [1.82, 2.24) is 0 Å². The van der Waals surface area contributed by atoms with E-state index in [1.807, 2.05) is 13.8 Å². The molecule has 1 rings (SSSR count). The number of aliphatic carboxylic acids is 1. The number of benzene rings is 1. The van der Waals surface area contributed by atoms with Gasteiger partial charge in [-0.05, 0) is 18.1 Å². The Bertz CT molecular complexity index is 363. The summed E-state index contributed by atoms with van der Waals surface area (Å²) in [5, 5.41) is 18.5. The molecule has 0 heterocycles. The van der Waals surface area contributed by atoms with Crippen LogP contribution < -0.4 is 4.90 Å². The Morgan fingerprint density at radius 3 is 2.50 bits per heavy atom. The van der Waals surface area contributed by atoms with Crippen LogP contribution in [0.1, 0.15) is 13.8 Å². The van der Waals surface area contributed by atoms with Crippen LogP contribution in [0.5, 0.6) is 5.75 Å². The smallest absolute Gasteiger partial charge is 0.323 e. The van der Waals surface area contributed by atoms with Gasteiger partial charge in [0.25, 0.3) is 0 Å². The second kappa shape index (κ2) is 5.39. The van der Waals surface area contributed by atoms with Gasteiger partial charge in [-0.1, -0.05) is 26.0 Å². The lowest BCUT2D eigenvalue weighted by molar-refractivity contribution is -0.135. The van der Waals surface area contributed by atoms with Gasteiger partial charge in [-0.25, -0.2) is 0 Å². The molecule has 0 saturated heterocycles. The van der Waals surface area contributed by atoms with Crippen molar-refractivity contribution < 1.29 is 15.0 Å². The van der Waals surface area contributed by atoms with E-state index in [9.17, 15) is 9.90 Å². The molecule has 1 aromatic rings. The van der Waals surface area contributed by atoms with Gasteiger partial charge in [0.1, 0.15) is 12.3 Å². The van der Waals surface area contributed by atoms with Crippen LogP contribution in [-0.4, -0.2) is 29.3 Å². The van der Waals surface area contributed by atoms with Crippen molar-refractivity contribution in [3.8, 4) is 5.75 Å².